The number of nitrogens with zero attached hydrogens (tertiary/aromatic N) is 2. The lowest BCUT2D eigenvalue weighted by molar-refractivity contribution is -0.137. The van der Waals surface area contributed by atoms with Crippen LogP contribution in [0.2, 0.25) is 0 Å². The van der Waals surface area contributed by atoms with Gasteiger partial charge in [0.1, 0.15) is 0 Å². The van der Waals surface area contributed by atoms with Crippen LogP contribution < -0.4 is 0 Å². The van der Waals surface area contributed by atoms with Crippen LogP contribution in [0.1, 0.15) is 22.4 Å². The van der Waals surface area contributed by atoms with Gasteiger partial charge in [0.15, 0.2) is 0 Å². The molecule has 1 aromatic heterocycles. The number of fused-ring (bicyclic) bond motifs is 3. The third kappa shape index (κ3) is 3.12. The van der Waals surface area contributed by atoms with Gasteiger partial charge in [-0.25, -0.2) is 0 Å². The van der Waals surface area contributed by atoms with E-state index in [0.717, 1.165) is 42.4 Å². The topological polar surface area (TPSA) is 8.17 Å². The Balaban J connectivity index is 1.79. The van der Waals surface area contributed by atoms with E-state index in [0.29, 0.717) is 6.54 Å². The summed E-state index contributed by atoms with van der Waals surface area (Å²) in [7, 11) is 2.02. The van der Waals surface area contributed by atoms with Crippen LogP contribution in [-0.2, 0) is 32.1 Å². The van der Waals surface area contributed by atoms with Gasteiger partial charge < -0.3 is 9.47 Å². The Labute approximate surface area is 150 Å². The maximum atomic E-state index is 13.2. The fourth-order valence-electron chi connectivity index (χ4n) is 3.90. The zero-order chi connectivity index (χ0) is 18.3. The van der Waals surface area contributed by atoms with Crippen LogP contribution >= 0.6 is 0 Å². The van der Waals surface area contributed by atoms with E-state index in [1.54, 1.807) is 6.07 Å². The smallest absolute Gasteiger partial charge is 0.344 e. The molecule has 0 fully saturated rings. The molecule has 136 valence electrons. The highest BCUT2D eigenvalue weighted by Crippen LogP contribution is 2.36. The van der Waals surface area contributed by atoms with Crippen LogP contribution in [0.25, 0.3) is 10.9 Å². The van der Waals surface area contributed by atoms with Crippen molar-refractivity contribution in [1.82, 2.24) is 9.47 Å². The minimum absolute atomic E-state index is 0.568. The zero-order valence-electron chi connectivity index (χ0n) is 14.7. The van der Waals surface area contributed by atoms with E-state index >= 15 is 0 Å². The van der Waals surface area contributed by atoms with Gasteiger partial charge >= 0.3 is 6.18 Å². The molecule has 0 unspecified atom stereocenters. The van der Waals surface area contributed by atoms with E-state index in [-0.39, 0.29) is 0 Å². The van der Waals surface area contributed by atoms with Crippen molar-refractivity contribution in [3.63, 3.8) is 0 Å². The first-order valence-electron chi connectivity index (χ1n) is 8.87. The van der Waals surface area contributed by atoms with Crippen molar-refractivity contribution in [3.05, 3.63) is 70.9 Å². The second kappa shape index (κ2) is 6.47. The van der Waals surface area contributed by atoms with Crippen molar-refractivity contribution in [3.8, 4) is 0 Å². The molecule has 1 aliphatic rings. The Morgan fingerprint density at radius 1 is 1.04 bits per heavy atom. The number of likely N-dealkylation sites (N-methyl/N-ethyl adjacent to an activating group) is 1. The summed E-state index contributed by atoms with van der Waals surface area (Å²) >= 11 is 0. The summed E-state index contributed by atoms with van der Waals surface area (Å²) in [6, 6.07) is 14.4. The van der Waals surface area contributed by atoms with Gasteiger partial charge in [-0.2, -0.15) is 13.2 Å². The Morgan fingerprint density at radius 2 is 1.81 bits per heavy atom. The van der Waals surface area contributed by atoms with Crippen LogP contribution in [-0.4, -0.2) is 23.1 Å². The highest BCUT2D eigenvalue weighted by molar-refractivity contribution is 5.86. The molecule has 1 aliphatic heterocycles. The van der Waals surface area contributed by atoms with E-state index in [1.807, 2.05) is 25.2 Å². The molecule has 5 heteroatoms. The average molecular weight is 358 g/mol. The fraction of sp³-hybridized carbons (Fsp3) is 0.333. The maximum absolute atomic E-state index is 13.2. The van der Waals surface area contributed by atoms with E-state index in [2.05, 4.69) is 21.6 Å². The van der Waals surface area contributed by atoms with E-state index in [9.17, 15) is 13.2 Å². The van der Waals surface area contributed by atoms with Crippen molar-refractivity contribution in [2.45, 2.75) is 32.1 Å². The molecule has 0 spiro atoms. The quantitative estimate of drug-likeness (QED) is 0.647. The Hall–Kier alpha value is -2.27. The Morgan fingerprint density at radius 3 is 2.54 bits per heavy atom. The normalized spacial score (nSPS) is 15.4. The molecule has 2 aromatic carbocycles. The number of halogens is 3. The minimum Gasteiger partial charge on any atom is -0.344 e. The molecule has 26 heavy (non-hydrogen) atoms. The molecule has 0 N–H and O–H groups in total. The molecular weight excluding hydrogens is 337 g/mol. The van der Waals surface area contributed by atoms with Gasteiger partial charge in [-0.05, 0) is 42.8 Å². The number of hydrogen-bond acceptors (Lipinski definition) is 1. The van der Waals surface area contributed by atoms with E-state index < -0.39 is 11.7 Å². The largest absolute Gasteiger partial charge is 0.416 e. The monoisotopic (exact) mass is 358 g/mol. The third-order valence-corrected chi connectivity index (χ3v) is 5.24. The van der Waals surface area contributed by atoms with Crippen molar-refractivity contribution >= 4 is 10.9 Å². The van der Waals surface area contributed by atoms with Gasteiger partial charge in [0.25, 0.3) is 0 Å². The van der Waals surface area contributed by atoms with Crippen LogP contribution in [0.5, 0.6) is 0 Å². The summed E-state index contributed by atoms with van der Waals surface area (Å²) in [5.74, 6) is 0. The number of aryl methyl sites for hydroxylation is 2. The van der Waals surface area contributed by atoms with Crippen LogP contribution in [0.3, 0.4) is 0 Å². The molecule has 0 aliphatic carbocycles. The molecule has 2 nitrogen and oxygen atoms in total. The number of benzene rings is 2. The number of rotatable bonds is 3. The van der Waals surface area contributed by atoms with Gasteiger partial charge in [-0.3, -0.25) is 0 Å². The predicted octanol–water partition coefficient (Wildman–Crippen LogP) is 4.89. The molecule has 2 heterocycles. The van der Waals surface area contributed by atoms with Crippen LogP contribution in [0.15, 0.2) is 48.5 Å². The summed E-state index contributed by atoms with van der Waals surface area (Å²) in [6.45, 7) is 2.41. The maximum Gasteiger partial charge on any atom is 0.416 e. The van der Waals surface area contributed by atoms with E-state index in [4.69, 9.17) is 0 Å². The summed E-state index contributed by atoms with van der Waals surface area (Å²) in [6.07, 6.45) is -2.57. The minimum atomic E-state index is -4.31. The first-order valence-corrected chi connectivity index (χ1v) is 8.87. The summed E-state index contributed by atoms with van der Waals surface area (Å²) in [5.41, 5.74) is 3.82. The zero-order valence-corrected chi connectivity index (χ0v) is 14.7. The first-order chi connectivity index (χ1) is 12.4. The van der Waals surface area contributed by atoms with Crippen molar-refractivity contribution in [1.29, 1.82) is 0 Å². The molecule has 0 radical (unpaired) electrons. The number of aromatic nitrogens is 1. The summed E-state index contributed by atoms with van der Waals surface area (Å²) in [5, 5.41) is 0.745. The van der Waals surface area contributed by atoms with E-state index in [1.165, 1.54) is 23.4 Å². The molecule has 0 bridgehead atoms. The Bertz CT molecular complexity index is 926. The number of hydrogen-bond donors (Lipinski definition) is 0. The lowest BCUT2D eigenvalue weighted by Crippen LogP contribution is -2.27. The third-order valence-electron chi connectivity index (χ3n) is 5.24. The van der Waals surface area contributed by atoms with Gasteiger partial charge in [-0.1, -0.05) is 30.3 Å². The molecule has 3 aromatic rings. The predicted molar refractivity (Wildman–Crippen MR) is 97.1 cm³/mol. The summed E-state index contributed by atoms with van der Waals surface area (Å²) < 4.78 is 41.8. The van der Waals surface area contributed by atoms with Crippen molar-refractivity contribution in [2.24, 2.45) is 0 Å². The van der Waals surface area contributed by atoms with Crippen LogP contribution in [0, 0.1) is 0 Å². The van der Waals surface area contributed by atoms with Crippen molar-refractivity contribution < 1.29 is 13.2 Å². The second-order valence-corrected chi connectivity index (χ2v) is 7.03. The highest BCUT2D eigenvalue weighted by atomic mass is 19.4. The molecule has 0 saturated heterocycles. The first kappa shape index (κ1) is 17.2. The molecule has 0 saturated carbocycles. The van der Waals surface area contributed by atoms with Gasteiger partial charge in [0.05, 0.1) is 5.56 Å². The highest BCUT2D eigenvalue weighted by Gasteiger charge is 2.32. The van der Waals surface area contributed by atoms with Gasteiger partial charge in [0, 0.05) is 42.7 Å². The van der Waals surface area contributed by atoms with Crippen LogP contribution in [0.4, 0.5) is 13.2 Å². The second-order valence-electron chi connectivity index (χ2n) is 7.03. The Kier molecular flexibility index (Phi) is 4.27. The SMILES string of the molecule is CN1CCc2c(c3cc(C(F)(F)F)ccc3n2CCc2ccccc2)C1. The van der Waals surface area contributed by atoms with Gasteiger partial charge in [-0.15, -0.1) is 0 Å². The molecule has 0 atom stereocenters. The lowest BCUT2D eigenvalue weighted by Gasteiger charge is -2.24. The standard InChI is InChI=1S/C21H21F3N2/c1-25-11-10-20-18(14-25)17-13-16(21(22,23)24)7-8-19(17)26(20)12-9-15-5-3-2-4-6-15/h2-8,13H,9-12,14H2,1H3. The molecule has 0 amide bonds. The molecule has 4 rings (SSSR count). The average Bonchev–Trinajstić information content (AvgIpc) is 2.92. The fourth-order valence-corrected chi connectivity index (χ4v) is 3.90. The van der Waals surface area contributed by atoms with Crippen molar-refractivity contribution in [2.75, 3.05) is 13.6 Å². The molecular formula is C21H21F3N2. The summed E-state index contributed by atoms with van der Waals surface area (Å²) in [4.78, 5) is 2.17. The lowest BCUT2D eigenvalue weighted by atomic mass is 10.0. The van der Waals surface area contributed by atoms with Gasteiger partial charge in [0.2, 0.25) is 0 Å². The number of alkyl halides is 3.